The molecule has 5 nitrogen and oxygen atoms in total. The van der Waals surface area contributed by atoms with Crippen LogP contribution in [-0.2, 0) is 0 Å². The van der Waals surface area contributed by atoms with E-state index in [1.807, 2.05) is 48.9 Å². The lowest BCUT2D eigenvalue weighted by atomic mass is 10.2. The summed E-state index contributed by atoms with van der Waals surface area (Å²) in [6.07, 6.45) is 0. The minimum Gasteiger partial charge on any atom is -0.337 e. The second-order valence-corrected chi connectivity index (χ2v) is 7.27. The van der Waals surface area contributed by atoms with Crippen LogP contribution < -0.4 is 5.73 Å². The van der Waals surface area contributed by atoms with Crippen molar-refractivity contribution in [1.82, 2.24) is 14.7 Å². The molecular weight excluding hydrogens is 344 g/mol. The van der Waals surface area contributed by atoms with Crippen LogP contribution in [0.2, 0.25) is 5.02 Å². The maximum absolute atomic E-state index is 12.7. The predicted molar refractivity (Wildman–Crippen MR) is 99.3 cm³/mol. The van der Waals surface area contributed by atoms with Gasteiger partial charge in [-0.1, -0.05) is 11.6 Å². The highest BCUT2D eigenvalue weighted by Crippen LogP contribution is 2.31. The number of amides is 1. The van der Waals surface area contributed by atoms with Gasteiger partial charge < -0.3 is 10.6 Å². The number of carbonyl (C=O) groups is 1. The number of halogens is 1. The number of fused-ring (bicyclic) bond motifs is 1. The number of thiophene rings is 1. The lowest BCUT2D eigenvalue weighted by molar-refractivity contribution is 0.0753. The van der Waals surface area contributed by atoms with E-state index in [1.165, 1.54) is 11.3 Å². The molecule has 0 aliphatic carbocycles. The quantitative estimate of drug-likeness (QED) is 0.772. The zero-order valence-corrected chi connectivity index (χ0v) is 15.4. The number of hydrogen-bond donors (Lipinski definition) is 1. The zero-order chi connectivity index (χ0) is 17.4. The van der Waals surface area contributed by atoms with Gasteiger partial charge in [0.25, 0.3) is 5.91 Å². The first-order valence-corrected chi connectivity index (χ1v) is 8.84. The average molecular weight is 363 g/mol. The Morgan fingerprint density at radius 2 is 2.08 bits per heavy atom. The third kappa shape index (κ3) is 2.92. The minimum atomic E-state index is -0.0174. The first-order chi connectivity index (χ1) is 11.4. The maximum Gasteiger partial charge on any atom is 0.264 e. The highest BCUT2D eigenvalue weighted by molar-refractivity contribution is 7.20. The lowest BCUT2D eigenvalue weighted by Crippen LogP contribution is -2.39. The number of carbonyl (C=O) groups excluding carboxylic acids is 1. The zero-order valence-electron chi connectivity index (χ0n) is 13.8. The van der Waals surface area contributed by atoms with Gasteiger partial charge in [0.05, 0.1) is 16.3 Å². The molecule has 1 unspecified atom stereocenters. The molecule has 0 radical (unpaired) electrons. The van der Waals surface area contributed by atoms with E-state index in [0.29, 0.717) is 16.4 Å². The Balaban J connectivity index is 2.04. The van der Waals surface area contributed by atoms with E-state index >= 15 is 0 Å². The van der Waals surface area contributed by atoms with Gasteiger partial charge in [-0.3, -0.25) is 4.79 Å². The number of rotatable bonds is 4. The van der Waals surface area contributed by atoms with Gasteiger partial charge in [0, 0.05) is 30.0 Å². The predicted octanol–water partition coefficient (Wildman–Crippen LogP) is 3.47. The van der Waals surface area contributed by atoms with Crippen molar-refractivity contribution in [3.05, 3.63) is 45.9 Å². The van der Waals surface area contributed by atoms with E-state index in [4.69, 9.17) is 17.3 Å². The Bertz CT molecular complexity index is 884. The average Bonchev–Trinajstić information content (AvgIpc) is 3.14. The van der Waals surface area contributed by atoms with Gasteiger partial charge >= 0.3 is 0 Å². The molecule has 2 aromatic heterocycles. The molecule has 3 aromatic rings. The second-order valence-electron chi connectivity index (χ2n) is 5.80. The Morgan fingerprint density at radius 1 is 1.42 bits per heavy atom. The molecular formula is C17H19ClN4OS. The standard InChI is InChI=1S/C17H19ClN4OS/c1-10(9-19)21(3)16(23)15-8-14-11(2)20-22(17(14)24-15)13-6-4-12(18)5-7-13/h4-8,10H,9,19H2,1-3H3. The van der Waals surface area contributed by atoms with Crippen LogP contribution in [0.15, 0.2) is 30.3 Å². The summed E-state index contributed by atoms with van der Waals surface area (Å²) in [5, 5.41) is 6.26. The third-order valence-corrected chi connectivity index (χ3v) is 5.50. The van der Waals surface area contributed by atoms with Gasteiger partial charge in [-0.25, -0.2) is 4.68 Å². The summed E-state index contributed by atoms with van der Waals surface area (Å²) in [6.45, 7) is 4.32. The van der Waals surface area contributed by atoms with Crippen LogP contribution in [0.4, 0.5) is 0 Å². The molecule has 0 aliphatic rings. The fourth-order valence-corrected chi connectivity index (χ4v) is 3.73. The summed E-state index contributed by atoms with van der Waals surface area (Å²) in [5.74, 6) is -0.0174. The smallest absolute Gasteiger partial charge is 0.264 e. The lowest BCUT2D eigenvalue weighted by Gasteiger charge is -2.22. The van der Waals surface area contributed by atoms with E-state index < -0.39 is 0 Å². The highest BCUT2D eigenvalue weighted by Gasteiger charge is 2.21. The Morgan fingerprint density at radius 3 is 2.71 bits per heavy atom. The van der Waals surface area contributed by atoms with Gasteiger partial charge in [-0.05, 0) is 44.2 Å². The molecule has 126 valence electrons. The van der Waals surface area contributed by atoms with Crippen LogP contribution in [0.5, 0.6) is 0 Å². The van der Waals surface area contributed by atoms with Gasteiger partial charge in [-0.2, -0.15) is 5.10 Å². The molecule has 0 saturated carbocycles. The fourth-order valence-electron chi connectivity index (χ4n) is 2.44. The second kappa shape index (κ2) is 6.55. The molecule has 0 fully saturated rings. The Kier molecular flexibility index (Phi) is 4.62. The summed E-state index contributed by atoms with van der Waals surface area (Å²) in [5.41, 5.74) is 7.48. The fraction of sp³-hybridized carbons (Fsp3) is 0.294. The molecule has 0 bridgehead atoms. The van der Waals surface area contributed by atoms with E-state index in [0.717, 1.165) is 21.6 Å². The van der Waals surface area contributed by atoms with Gasteiger partial charge in [0.15, 0.2) is 0 Å². The molecule has 0 aliphatic heterocycles. The minimum absolute atomic E-state index is 0.00317. The molecule has 2 heterocycles. The normalized spacial score (nSPS) is 12.5. The molecule has 3 rings (SSSR count). The Hall–Kier alpha value is -1.89. The number of aromatic nitrogens is 2. The van der Waals surface area contributed by atoms with Crippen LogP contribution in [0, 0.1) is 6.92 Å². The maximum atomic E-state index is 12.7. The molecule has 1 amide bonds. The van der Waals surface area contributed by atoms with Crippen LogP contribution >= 0.6 is 22.9 Å². The molecule has 24 heavy (non-hydrogen) atoms. The van der Waals surface area contributed by atoms with Gasteiger partial charge in [0.2, 0.25) is 0 Å². The van der Waals surface area contributed by atoms with Gasteiger partial charge in [-0.15, -0.1) is 11.3 Å². The Labute approximate surface area is 149 Å². The SMILES string of the molecule is Cc1nn(-c2ccc(Cl)cc2)c2sc(C(=O)N(C)C(C)CN)cc12. The van der Waals surface area contributed by atoms with E-state index in [9.17, 15) is 4.79 Å². The van der Waals surface area contributed by atoms with Crippen LogP contribution in [0.1, 0.15) is 22.3 Å². The van der Waals surface area contributed by atoms with Gasteiger partial charge in [0.1, 0.15) is 4.83 Å². The summed E-state index contributed by atoms with van der Waals surface area (Å²) in [6, 6.07) is 9.40. The summed E-state index contributed by atoms with van der Waals surface area (Å²) >= 11 is 7.40. The molecule has 1 atom stereocenters. The summed E-state index contributed by atoms with van der Waals surface area (Å²) in [7, 11) is 1.78. The van der Waals surface area contributed by atoms with E-state index in [2.05, 4.69) is 5.10 Å². The monoisotopic (exact) mass is 362 g/mol. The first-order valence-electron chi connectivity index (χ1n) is 7.64. The molecule has 2 N–H and O–H groups in total. The number of likely N-dealkylation sites (N-methyl/N-ethyl adjacent to an activating group) is 1. The van der Waals surface area contributed by atoms with Crippen molar-refractivity contribution in [2.24, 2.45) is 5.73 Å². The number of nitrogens with two attached hydrogens (primary N) is 1. The number of nitrogens with zero attached hydrogens (tertiary/aromatic N) is 3. The largest absolute Gasteiger partial charge is 0.337 e. The van der Waals surface area contributed by atoms with E-state index in [1.54, 1.807) is 11.9 Å². The summed E-state index contributed by atoms with van der Waals surface area (Å²) in [4.78, 5) is 16.0. The molecule has 7 heteroatoms. The van der Waals surface area contributed by atoms with Crippen molar-refractivity contribution >= 4 is 39.1 Å². The third-order valence-electron chi connectivity index (χ3n) is 4.15. The van der Waals surface area contributed by atoms with Crippen molar-refractivity contribution in [3.8, 4) is 5.69 Å². The number of benzene rings is 1. The van der Waals surface area contributed by atoms with Crippen LogP contribution in [-0.4, -0.2) is 40.2 Å². The van der Waals surface area contributed by atoms with Crippen molar-refractivity contribution in [2.75, 3.05) is 13.6 Å². The van der Waals surface area contributed by atoms with Crippen molar-refractivity contribution < 1.29 is 4.79 Å². The first kappa shape index (κ1) is 17.0. The van der Waals surface area contributed by atoms with Crippen LogP contribution in [0.25, 0.3) is 15.9 Å². The van der Waals surface area contributed by atoms with Crippen LogP contribution in [0.3, 0.4) is 0 Å². The summed E-state index contributed by atoms with van der Waals surface area (Å²) < 4.78 is 1.86. The molecule has 0 saturated heterocycles. The van der Waals surface area contributed by atoms with Crippen molar-refractivity contribution in [2.45, 2.75) is 19.9 Å². The highest BCUT2D eigenvalue weighted by atomic mass is 35.5. The molecule has 1 aromatic carbocycles. The van der Waals surface area contributed by atoms with E-state index in [-0.39, 0.29) is 11.9 Å². The number of aryl methyl sites for hydroxylation is 1. The topological polar surface area (TPSA) is 64.2 Å². The molecule has 0 spiro atoms. The van der Waals surface area contributed by atoms with Crippen molar-refractivity contribution in [1.29, 1.82) is 0 Å². The van der Waals surface area contributed by atoms with Crippen molar-refractivity contribution in [3.63, 3.8) is 0 Å². The number of hydrogen-bond acceptors (Lipinski definition) is 4.